The maximum absolute atomic E-state index is 13.3. The molecule has 1 N–H and O–H groups in total. The number of carbonyl (C=O) groups excluding carboxylic acids is 1. The van der Waals surface area contributed by atoms with Crippen molar-refractivity contribution in [2.45, 2.75) is 0 Å². The van der Waals surface area contributed by atoms with Crippen LogP contribution in [0.3, 0.4) is 0 Å². The topological polar surface area (TPSA) is 74.9 Å². The number of halogens is 1. The van der Waals surface area contributed by atoms with Gasteiger partial charge in [0.15, 0.2) is 5.57 Å². The molecule has 0 radical (unpaired) electrons. The van der Waals surface area contributed by atoms with E-state index < -0.39 is 5.91 Å². The first-order chi connectivity index (χ1) is 15.6. The molecule has 0 atom stereocenters. The van der Waals surface area contributed by atoms with E-state index >= 15 is 0 Å². The van der Waals surface area contributed by atoms with Gasteiger partial charge in [0.05, 0.1) is 10.2 Å². The fourth-order valence-corrected chi connectivity index (χ4v) is 4.31. The first-order valence-electron chi connectivity index (χ1n) is 9.62. The summed E-state index contributed by atoms with van der Waals surface area (Å²) in [4.78, 5) is 26.3. The normalized spacial score (nSPS) is 12.2. The average molecular weight is 458 g/mol. The fraction of sp³-hybridized carbons (Fsp3) is 0. The molecule has 156 valence electrons. The van der Waals surface area contributed by atoms with Crippen LogP contribution in [0.2, 0.25) is 5.02 Å². The molecule has 0 saturated carbocycles. The summed E-state index contributed by atoms with van der Waals surface area (Å²) in [6, 6.07) is 26.8. The number of amides is 1. The van der Waals surface area contributed by atoms with Gasteiger partial charge in [0.25, 0.3) is 11.5 Å². The molecule has 3 aromatic carbocycles. The molecule has 1 amide bonds. The lowest BCUT2D eigenvalue weighted by atomic mass is 10.2. The molecule has 4 aromatic rings. The Morgan fingerprint density at radius 1 is 0.969 bits per heavy atom. The molecule has 32 heavy (non-hydrogen) atoms. The first kappa shape index (κ1) is 21.3. The van der Waals surface area contributed by atoms with Crippen molar-refractivity contribution >= 4 is 46.2 Å². The van der Waals surface area contributed by atoms with E-state index in [2.05, 4.69) is 5.32 Å². The zero-order chi connectivity index (χ0) is 22.5. The summed E-state index contributed by atoms with van der Waals surface area (Å²) < 4.78 is 2.05. The molecule has 1 aromatic heterocycles. The number of thiazole rings is 1. The number of para-hydroxylation sites is 2. The van der Waals surface area contributed by atoms with E-state index in [0.29, 0.717) is 20.9 Å². The molecule has 0 aliphatic rings. The van der Waals surface area contributed by atoms with Crippen molar-refractivity contribution in [3.8, 4) is 11.8 Å². The maximum atomic E-state index is 13.3. The van der Waals surface area contributed by atoms with Crippen molar-refractivity contribution in [3.05, 3.63) is 115 Å². The van der Waals surface area contributed by atoms with E-state index in [-0.39, 0.29) is 15.8 Å². The van der Waals surface area contributed by atoms with Crippen LogP contribution in [0.5, 0.6) is 0 Å². The Balaban J connectivity index is 1.95. The summed E-state index contributed by atoms with van der Waals surface area (Å²) in [6.07, 6.45) is 1.72. The molecular formula is C25H16ClN3O2S. The molecule has 0 aliphatic carbocycles. The summed E-state index contributed by atoms with van der Waals surface area (Å²) in [5, 5.41) is 13.2. The predicted molar refractivity (Wildman–Crippen MR) is 128 cm³/mol. The van der Waals surface area contributed by atoms with Crippen molar-refractivity contribution < 1.29 is 4.79 Å². The third kappa shape index (κ3) is 4.54. The third-order valence-electron chi connectivity index (χ3n) is 4.59. The Morgan fingerprint density at radius 2 is 1.59 bits per heavy atom. The van der Waals surface area contributed by atoms with Crippen molar-refractivity contribution in [2.24, 2.45) is 0 Å². The smallest absolute Gasteiger partial charge is 0.273 e. The van der Waals surface area contributed by atoms with Crippen LogP contribution >= 0.6 is 22.9 Å². The highest BCUT2D eigenvalue weighted by Gasteiger charge is 2.17. The van der Waals surface area contributed by atoms with Gasteiger partial charge >= 0.3 is 0 Å². The van der Waals surface area contributed by atoms with Crippen LogP contribution in [0.25, 0.3) is 17.3 Å². The van der Waals surface area contributed by atoms with E-state index in [1.165, 1.54) is 4.57 Å². The lowest BCUT2D eigenvalue weighted by molar-refractivity contribution is -0.111. The van der Waals surface area contributed by atoms with Gasteiger partial charge in [-0.1, -0.05) is 60.1 Å². The van der Waals surface area contributed by atoms with Crippen LogP contribution in [-0.2, 0) is 4.79 Å². The summed E-state index contributed by atoms with van der Waals surface area (Å²) >= 11 is 7.05. The zero-order valence-corrected chi connectivity index (χ0v) is 18.2. The lowest BCUT2D eigenvalue weighted by Gasteiger charge is -2.05. The van der Waals surface area contributed by atoms with Gasteiger partial charge in [0.1, 0.15) is 10.7 Å². The molecule has 4 rings (SSSR count). The minimum absolute atomic E-state index is 0.143. The Hall–Kier alpha value is -3.92. The quantitative estimate of drug-likeness (QED) is 0.507. The molecule has 0 unspecified atom stereocenters. The van der Waals surface area contributed by atoms with Crippen LogP contribution in [0.1, 0.15) is 5.56 Å². The van der Waals surface area contributed by atoms with Crippen molar-refractivity contribution in [2.75, 3.05) is 5.32 Å². The van der Waals surface area contributed by atoms with E-state index in [9.17, 15) is 14.9 Å². The van der Waals surface area contributed by atoms with Crippen molar-refractivity contribution in [1.29, 1.82) is 5.26 Å². The number of carbonyl (C=O) groups is 1. The first-order valence-corrected chi connectivity index (χ1v) is 10.8. The number of nitrogens with one attached hydrogen (secondary N) is 1. The highest BCUT2D eigenvalue weighted by atomic mass is 35.5. The molecular weight excluding hydrogens is 442 g/mol. The molecule has 0 fully saturated rings. The number of nitrogens with zero attached hydrogens (tertiary/aromatic N) is 2. The van der Waals surface area contributed by atoms with Crippen LogP contribution in [-0.4, -0.2) is 10.5 Å². The van der Waals surface area contributed by atoms with E-state index in [1.54, 1.807) is 78.9 Å². The van der Waals surface area contributed by atoms with Crippen LogP contribution in [0, 0.1) is 11.3 Å². The number of anilines is 1. The Morgan fingerprint density at radius 3 is 2.22 bits per heavy atom. The molecule has 0 aliphatic heterocycles. The number of aromatic nitrogens is 1. The number of hydrogen-bond donors (Lipinski definition) is 1. The second-order valence-electron chi connectivity index (χ2n) is 6.75. The van der Waals surface area contributed by atoms with E-state index in [0.717, 1.165) is 16.9 Å². The summed E-state index contributed by atoms with van der Waals surface area (Å²) in [5.74, 6) is -0.581. The number of benzene rings is 3. The van der Waals surface area contributed by atoms with Crippen LogP contribution in [0.4, 0.5) is 5.69 Å². The Bertz CT molecular complexity index is 1480. The molecule has 1 heterocycles. The lowest BCUT2D eigenvalue weighted by Crippen LogP contribution is -2.32. The summed E-state index contributed by atoms with van der Waals surface area (Å²) in [5.41, 5.74) is 1.46. The Kier molecular flexibility index (Phi) is 6.31. The van der Waals surface area contributed by atoms with Gasteiger partial charge in [-0.2, -0.15) is 5.26 Å². The monoisotopic (exact) mass is 457 g/mol. The van der Waals surface area contributed by atoms with Crippen molar-refractivity contribution in [3.63, 3.8) is 0 Å². The minimum Gasteiger partial charge on any atom is -0.321 e. The van der Waals surface area contributed by atoms with E-state index in [1.807, 2.05) is 18.2 Å². The average Bonchev–Trinajstić information content (AvgIpc) is 3.12. The fourth-order valence-electron chi connectivity index (χ4n) is 3.08. The standard InChI is InChI=1S/C25H16ClN3O2S/c26-18-13-11-17(12-14-18)15-22-24(31)29(20-9-5-2-6-10-20)25(32-22)21(16-27)23(30)28-19-7-3-1-4-8-19/h1-15H,(H,28,30). The second-order valence-corrected chi connectivity index (χ2v) is 8.22. The zero-order valence-electron chi connectivity index (χ0n) is 16.7. The summed E-state index contributed by atoms with van der Waals surface area (Å²) in [7, 11) is 0. The third-order valence-corrected chi connectivity index (χ3v) is 5.93. The number of nitriles is 1. The van der Waals surface area contributed by atoms with Crippen LogP contribution in [0.15, 0.2) is 89.7 Å². The summed E-state index contributed by atoms with van der Waals surface area (Å²) in [6.45, 7) is 0. The minimum atomic E-state index is -0.581. The van der Waals surface area contributed by atoms with Gasteiger partial charge in [-0.05, 0) is 48.0 Å². The number of hydrogen-bond acceptors (Lipinski definition) is 4. The SMILES string of the molecule is N#CC(C(=O)Nc1ccccc1)=c1sc(=Cc2ccc(Cl)cc2)c(=O)n1-c1ccccc1. The van der Waals surface area contributed by atoms with Gasteiger partial charge in [0.2, 0.25) is 0 Å². The van der Waals surface area contributed by atoms with Gasteiger partial charge in [-0.25, -0.2) is 0 Å². The molecule has 0 bridgehead atoms. The highest BCUT2D eigenvalue weighted by Crippen LogP contribution is 2.11. The van der Waals surface area contributed by atoms with Gasteiger partial charge in [0, 0.05) is 10.7 Å². The predicted octanol–water partition coefficient (Wildman–Crippen LogP) is 3.69. The highest BCUT2D eigenvalue weighted by molar-refractivity contribution is 7.07. The largest absolute Gasteiger partial charge is 0.321 e. The van der Waals surface area contributed by atoms with Gasteiger partial charge in [-0.3, -0.25) is 14.2 Å². The second kappa shape index (κ2) is 9.48. The molecule has 0 spiro atoms. The van der Waals surface area contributed by atoms with E-state index in [4.69, 9.17) is 11.6 Å². The van der Waals surface area contributed by atoms with Gasteiger partial charge in [-0.15, -0.1) is 11.3 Å². The maximum Gasteiger partial charge on any atom is 0.273 e. The molecule has 7 heteroatoms. The van der Waals surface area contributed by atoms with Gasteiger partial charge < -0.3 is 5.32 Å². The number of rotatable bonds is 4. The van der Waals surface area contributed by atoms with Crippen molar-refractivity contribution in [1.82, 2.24) is 4.57 Å². The molecule has 5 nitrogen and oxygen atoms in total. The van der Waals surface area contributed by atoms with Crippen LogP contribution < -0.4 is 20.1 Å². The molecule has 0 saturated heterocycles. The Labute approximate surface area is 192 Å².